The molecule has 1 N–H and O–H groups in total. The lowest BCUT2D eigenvalue weighted by atomic mass is 10.0. The van der Waals surface area contributed by atoms with Crippen LogP contribution in [-0.4, -0.2) is 61.7 Å². The Morgan fingerprint density at radius 1 is 1.04 bits per heavy atom. The van der Waals surface area contributed by atoms with Crippen LogP contribution in [0.1, 0.15) is 38.3 Å². The summed E-state index contributed by atoms with van der Waals surface area (Å²) >= 11 is 0. The number of carbonyl (C=O) groups is 2. The van der Waals surface area contributed by atoms with Crippen LogP contribution < -0.4 is 5.32 Å². The Balaban J connectivity index is 1.67. The van der Waals surface area contributed by atoms with E-state index in [1.165, 1.54) is 16.8 Å². The minimum absolute atomic E-state index is 0.0374. The summed E-state index contributed by atoms with van der Waals surface area (Å²) in [7, 11) is -3.56. The van der Waals surface area contributed by atoms with Crippen LogP contribution >= 0.6 is 0 Å². The van der Waals surface area contributed by atoms with Crippen molar-refractivity contribution >= 4 is 21.8 Å². The van der Waals surface area contributed by atoms with E-state index in [4.69, 9.17) is 0 Å². The number of nitrogens with zero attached hydrogens (tertiary/aromatic N) is 2. The molecule has 7 nitrogen and oxygen atoms in total. The van der Waals surface area contributed by atoms with Gasteiger partial charge in [-0.05, 0) is 48.4 Å². The molecule has 0 saturated carbocycles. The van der Waals surface area contributed by atoms with Gasteiger partial charge in [0.2, 0.25) is 21.8 Å². The second kappa shape index (κ2) is 8.21. The van der Waals surface area contributed by atoms with Crippen molar-refractivity contribution in [2.45, 2.75) is 51.0 Å². The molecule has 1 aromatic rings. The minimum atomic E-state index is -3.56. The molecule has 0 unspecified atom stereocenters. The molecule has 1 atom stereocenters. The number of piperazine rings is 1. The fourth-order valence-electron chi connectivity index (χ4n) is 3.94. The summed E-state index contributed by atoms with van der Waals surface area (Å²) < 4.78 is 27.5. The van der Waals surface area contributed by atoms with Gasteiger partial charge in [-0.2, -0.15) is 4.31 Å². The van der Waals surface area contributed by atoms with Gasteiger partial charge < -0.3 is 10.2 Å². The highest BCUT2D eigenvalue weighted by atomic mass is 32.2. The van der Waals surface area contributed by atoms with E-state index in [0.717, 1.165) is 24.8 Å². The van der Waals surface area contributed by atoms with E-state index >= 15 is 0 Å². The zero-order valence-corrected chi connectivity index (χ0v) is 17.6. The largest absolute Gasteiger partial charge is 0.344 e. The lowest BCUT2D eigenvalue weighted by Crippen LogP contribution is -2.56. The maximum Gasteiger partial charge on any atom is 0.245 e. The van der Waals surface area contributed by atoms with Crippen molar-refractivity contribution in [2.75, 3.05) is 26.2 Å². The molecule has 154 valence electrons. The lowest BCUT2D eigenvalue weighted by Gasteiger charge is -2.36. The monoisotopic (exact) mass is 407 g/mol. The third-order valence-corrected chi connectivity index (χ3v) is 7.44. The summed E-state index contributed by atoms with van der Waals surface area (Å²) in [6.45, 7) is 6.33. The van der Waals surface area contributed by atoms with Gasteiger partial charge in [0.25, 0.3) is 0 Å². The van der Waals surface area contributed by atoms with Crippen LogP contribution in [0.5, 0.6) is 0 Å². The molecule has 3 rings (SSSR count). The molecule has 2 amide bonds. The normalized spacial score (nSPS) is 18.8. The van der Waals surface area contributed by atoms with Crippen molar-refractivity contribution in [1.29, 1.82) is 0 Å². The molecule has 1 heterocycles. The van der Waals surface area contributed by atoms with Gasteiger partial charge in [0.05, 0.1) is 4.90 Å². The Kier molecular flexibility index (Phi) is 6.09. The van der Waals surface area contributed by atoms with E-state index in [0.29, 0.717) is 18.0 Å². The van der Waals surface area contributed by atoms with Crippen molar-refractivity contribution in [3.63, 3.8) is 0 Å². The Morgan fingerprint density at radius 3 is 2.29 bits per heavy atom. The molecule has 0 radical (unpaired) electrons. The van der Waals surface area contributed by atoms with Crippen LogP contribution in [0, 0.1) is 5.92 Å². The highest BCUT2D eigenvalue weighted by Crippen LogP contribution is 2.26. The fraction of sp³-hybridized carbons (Fsp3) is 0.600. The molecule has 1 aromatic carbocycles. The zero-order chi connectivity index (χ0) is 20.5. The van der Waals surface area contributed by atoms with E-state index in [9.17, 15) is 18.0 Å². The first kappa shape index (κ1) is 20.8. The summed E-state index contributed by atoms with van der Waals surface area (Å²) in [4.78, 5) is 26.2. The summed E-state index contributed by atoms with van der Waals surface area (Å²) in [6.07, 6.45) is 3.02. The number of carbonyl (C=O) groups excluding carboxylic acids is 2. The molecule has 0 spiro atoms. The molecular formula is C20H29N3O4S. The highest BCUT2D eigenvalue weighted by molar-refractivity contribution is 7.89. The quantitative estimate of drug-likeness (QED) is 0.794. The van der Waals surface area contributed by atoms with Crippen molar-refractivity contribution < 1.29 is 18.0 Å². The maximum absolute atomic E-state index is 13.0. The summed E-state index contributed by atoms with van der Waals surface area (Å²) in [5.74, 6) is -0.436. The fourth-order valence-corrected chi connectivity index (χ4v) is 5.41. The van der Waals surface area contributed by atoms with Crippen LogP contribution in [0.2, 0.25) is 0 Å². The Bertz CT molecular complexity index is 858. The average Bonchev–Trinajstić information content (AvgIpc) is 3.13. The standard InChI is InChI=1S/C20H29N3O4S/c1-14(2)19(21-15(3)24)20(25)22-9-11-23(12-10-22)28(26,27)18-8-7-16-5-4-6-17(16)13-18/h7-8,13-14,19H,4-6,9-12H2,1-3H3,(H,21,24)/t19-/m1/s1. The minimum Gasteiger partial charge on any atom is -0.344 e. The zero-order valence-electron chi connectivity index (χ0n) is 16.8. The summed E-state index contributed by atoms with van der Waals surface area (Å²) in [6, 6.07) is 4.84. The van der Waals surface area contributed by atoms with E-state index in [2.05, 4.69) is 5.32 Å². The predicted molar refractivity (Wildman–Crippen MR) is 106 cm³/mol. The summed E-state index contributed by atoms with van der Waals surface area (Å²) in [5, 5.41) is 2.71. The highest BCUT2D eigenvalue weighted by Gasteiger charge is 2.34. The number of hydrogen-bond donors (Lipinski definition) is 1. The average molecular weight is 408 g/mol. The van der Waals surface area contributed by atoms with Crippen LogP contribution in [0.3, 0.4) is 0 Å². The van der Waals surface area contributed by atoms with Crippen molar-refractivity contribution in [3.8, 4) is 0 Å². The number of rotatable bonds is 5. The number of sulfonamides is 1. The third-order valence-electron chi connectivity index (χ3n) is 5.55. The molecular weight excluding hydrogens is 378 g/mol. The molecule has 1 aliphatic heterocycles. The van der Waals surface area contributed by atoms with Gasteiger partial charge in [0.15, 0.2) is 0 Å². The van der Waals surface area contributed by atoms with Gasteiger partial charge in [0.1, 0.15) is 6.04 Å². The lowest BCUT2D eigenvalue weighted by molar-refractivity contribution is -0.138. The van der Waals surface area contributed by atoms with Crippen LogP contribution in [-0.2, 0) is 32.5 Å². The Morgan fingerprint density at radius 2 is 1.68 bits per heavy atom. The van der Waals surface area contributed by atoms with Crippen LogP contribution in [0.4, 0.5) is 0 Å². The van der Waals surface area contributed by atoms with Crippen molar-refractivity contribution in [3.05, 3.63) is 29.3 Å². The molecule has 1 fully saturated rings. The Labute approximate surface area is 167 Å². The van der Waals surface area contributed by atoms with Crippen LogP contribution in [0.15, 0.2) is 23.1 Å². The van der Waals surface area contributed by atoms with Gasteiger partial charge in [-0.25, -0.2) is 8.42 Å². The first-order valence-corrected chi connectivity index (χ1v) is 11.3. The molecule has 0 aromatic heterocycles. The molecule has 8 heteroatoms. The van der Waals surface area contributed by atoms with Crippen molar-refractivity contribution in [1.82, 2.24) is 14.5 Å². The second-order valence-corrected chi connectivity index (χ2v) is 9.87. The third kappa shape index (κ3) is 4.22. The van der Waals surface area contributed by atoms with Gasteiger partial charge in [-0.15, -0.1) is 0 Å². The number of amides is 2. The van der Waals surface area contributed by atoms with Gasteiger partial charge in [-0.1, -0.05) is 19.9 Å². The molecule has 0 bridgehead atoms. The van der Waals surface area contributed by atoms with Gasteiger partial charge in [0, 0.05) is 33.1 Å². The van der Waals surface area contributed by atoms with E-state index in [1.54, 1.807) is 17.0 Å². The Hall–Kier alpha value is -1.93. The number of benzene rings is 1. The number of aryl methyl sites for hydroxylation is 2. The van der Waals surface area contributed by atoms with Crippen LogP contribution in [0.25, 0.3) is 0 Å². The number of fused-ring (bicyclic) bond motifs is 1. The first-order chi connectivity index (χ1) is 13.2. The molecule has 1 saturated heterocycles. The first-order valence-electron chi connectivity index (χ1n) is 9.88. The van der Waals surface area contributed by atoms with Gasteiger partial charge >= 0.3 is 0 Å². The second-order valence-electron chi connectivity index (χ2n) is 7.94. The van der Waals surface area contributed by atoms with Crippen molar-refractivity contribution in [2.24, 2.45) is 5.92 Å². The topological polar surface area (TPSA) is 86.8 Å². The smallest absolute Gasteiger partial charge is 0.245 e. The van der Waals surface area contributed by atoms with E-state index in [1.807, 2.05) is 19.9 Å². The maximum atomic E-state index is 13.0. The molecule has 28 heavy (non-hydrogen) atoms. The molecule has 2 aliphatic rings. The number of hydrogen-bond acceptors (Lipinski definition) is 4. The van der Waals surface area contributed by atoms with E-state index < -0.39 is 16.1 Å². The summed E-state index contributed by atoms with van der Waals surface area (Å²) in [5.41, 5.74) is 2.37. The molecule has 1 aliphatic carbocycles. The van der Waals surface area contributed by atoms with Gasteiger partial charge in [-0.3, -0.25) is 9.59 Å². The number of nitrogens with one attached hydrogen (secondary N) is 1. The SMILES string of the molecule is CC(=O)N[C@@H](C(=O)N1CCN(S(=O)(=O)c2ccc3c(c2)CCC3)CC1)C(C)C. The predicted octanol–water partition coefficient (Wildman–Crippen LogP) is 1.17. The van der Waals surface area contributed by atoms with E-state index in [-0.39, 0.29) is 30.8 Å².